The van der Waals surface area contributed by atoms with Gasteiger partial charge in [-0.05, 0) is 121 Å². The summed E-state index contributed by atoms with van der Waals surface area (Å²) < 4.78 is 12.9. The lowest BCUT2D eigenvalue weighted by molar-refractivity contribution is 0.0923. The van der Waals surface area contributed by atoms with Gasteiger partial charge >= 0.3 is 0 Å². The summed E-state index contributed by atoms with van der Waals surface area (Å²) in [5.41, 5.74) is -1.05. The van der Waals surface area contributed by atoms with Gasteiger partial charge in [0.1, 0.15) is 17.2 Å². The van der Waals surface area contributed by atoms with Crippen LogP contribution in [-0.4, -0.2) is 39.9 Å². The van der Waals surface area contributed by atoms with Crippen molar-refractivity contribution in [3.8, 4) is 53.3 Å². The predicted molar refractivity (Wildman–Crippen MR) is 263 cm³/mol. The van der Waals surface area contributed by atoms with Crippen molar-refractivity contribution in [1.29, 1.82) is 0 Å². The molecule has 0 atom stereocenters. The van der Waals surface area contributed by atoms with Gasteiger partial charge in [-0.2, -0.15) is 0 Å². The van der Waals surface area contributed by atoms with Crippen LogP contribution in [0.2, 0.25) is 0 Å². The first-order chi connectivity index (χ1) is 33.8. The summed E-state index contributed by atoms with van der Waals surface area (Å²) >= 11 is 0. The van der Waals surface area contributed by atoms with Crippen molar-refractivity contribution in [1.82, 2.24) is 9.13 Å². The molecule has 0 aliphatic carbocycles. The smallest absolute Gasteiger partial charge is 0.266 e. The highest BCUT2D eigenvalue weighted by Gasteiger charge is 2.37. The Kier molecular flexibility index (Phi) is 10.6. The zero-order valence-corrected chi connectivity index (χ0v) is 36.4. The van der Waals surface area contributed by atoms with Gasteiger partial charge in [0.25, 0.3) is 45.9 Å². The van der Waals surface area contributed by atoms with Crippen molar-refractivity contribution in [3.05, 3.63) is 220 Å². The number of ether oxygens (including phenoxy) is 2. The summed E-state index contributed by atoms with van der Waals surface area (Å²) in [7, 11) is 1.46. The van der Waals surface area contributed by atoms with Crippen LogP contribution in [0.25, 0.3) is 32.9 Å². The van der Waals surface area contributed by atoms with Crippen LogP contribution in [0.3, 0.4) is 0 Å². The molecular weight excluding hydrogens is 891 g/mol. The predicted octanol–water partition coefficient (Wildman–Crippen LogP) is 6.96. The number of hydrogen-bond acceptors (Lipinski definition) is 10. The highest BCUT2D eigenvalue weighted by atomic mass is 16.5. The Morgan fingerprint density at radius 2 is 0.971 bits per heavy atom. The van der Waals surface area contributed by atoms with Gasteiger partial charge in [0, 0.05) is 39.7 Å². The lowest BCUT2D eigenvalue weighted by Crippen LogP contribution is -2.29. The third-order valence-electron chi connectivity index (χ3n) is 11.7. The van der Waals surface area contributed by atoms with Crippen molar-refractivity contribution in [2.75, 3.05) is 22.6 Å². The van der Waals surface area contributed by atoms with E-state index in [9.17, 15) is 38.4 Å². The number of carbonyl (C=O) groups is 4. The molecule has 10 rings (SSSR count). The molecule has 336 valence electrons. The fourth-order valence-electron chi connectivity index (χ4n) is 8.29. The summed E-state index contributed by atoms with van der Waals surface area (Å²) in [6.45, 7) is 0. The molecule has 15 heteroatoms. The van der Waals surface area contributed by atoms with Gasteiger partial charge in [-0.15, -0.1) is 12.8 Å². The third kappa shape index (κ3) is 7.53. The topological polar surface area (TPSA) is 192 Å². The average Bonchev–Trinajstić information content (AvgIpc) is 3.89. The maximum atomic E-state index is 14.2. The molecule has 0 radical (unpaired) electrons. The van der Waals surface area contributed by atoms with Gasteiger partial charge in [0.05, 0.1) is 56.8 Å². The molecule has 1 aliphatic rings. The van der Waals surface area contributed by atoms with E-state index in [0.29, 0.717) is 34.0 Å². The number of nitrogens with one attached hydrogen (secondary N) is 2. The number of imide groups is 1. The van der Waals surface area contributed by atoms with Crippen LogP contribution in [0.1, 0.15) is 52.6 Å². The normalized spacial score (nSPS) is 11.8. The molecule has 70 heavy (non-hydrogen) atoms. The first kappa shape index (κ1) is 43.5. The highest BCUT2D eigenvalue weighted by Crippen LogP contribution is 2.34. The van der Waals surface area contributed by atoms with Gasteiger partial charge in [0.15, 0.2) is 0 Å². The highest BCUT2D eigenvalue weighted by molar-refractivity contribution is 6.34. The molecule has 1 aliphatic heterocycles. The maximum absolute atomic E-state index is 14.2. The van der Waals surface area contributed by atoms with E-state index < -0.39 is 45.9 Å². The van der Waals surface area contributed by atoms with Crippen LogP contribution in [0.4, 0.5) is 17.1 Å². The Hall–Kier alpha value is -10.4. The summed E-state index contributed by atoms with van der Waals surface area (Å²) in [6.07, 6.45) is 11.1. The second-order valence-corrected chi connectivity index (χ2v) is 15.9. The largest absolute Gasteiger partial charge is 0.497 e. The molecule has 0 bridgehead atoms. The maximum Gasteiger partial charge on any atom is 0.266 e. The van der Waals surface area contributed by atoms with Gasteiger partial charge < -0.3 is 20.1 Å². The molecule has 4 amide bonds. The Labute approximate surface area is 395 Å². The van der Waals surface area contributed by atoms with E-state index in [1.54, 1.807) is 72.8 Å². The lowest BCUT2D eigenvalue weighted by atomic mass is 10.1. The van der Waals surface area contributed by atoms with Crippen molar-refractivity contribution >= 4 is 62.2 Å². The van der Waals surface area contributed by atoms with Crippen LogP contribution >= 0.6 is 0 Å². The summed E-state index contributed by atoms with van der Waals surface area (Å²) in [4.78, 5) is 111. The molecule has 0 spiro atoms. The first-order valence-corrected chi connectivity index (χ1v) is 21.2. The van der Waals surface area contributed by atoms with Gasteiger partial charge in [-0.25, -0.2) is 14.0 Å². The molecule has 15 nitrogen and oxygen atoms in total. The van der Waals surface area contributed by atoms with Crippen LogP contribution in [0.5, 0.6) is 17.2 Å². The molecule has 2 aromatic heterocycles. The SMILES string of the molecule is C#Cc1cccc(NC(=O)c2cc(C(=O)Nc3cccc(C#C)c3)cc(-n3c(=O)c4cc5c(=O)n(-c6ccc(Oc7cccc(N8C(=O)c9ccc(OC)cc9C8=O)c7)cc6)c(=O)c5cc4c3=O)c2)c1. The van der Waals surface area contributed by atoms with Gasteiger partial charge in [0.2, 0.25) is 0 Å². The fraction of sp³-hybridized carbons (Fsp3) is 0.0182. The molecule has 0 saturated carbocycles. The summed E-state index contributed by atoms with van der Waals surface area (Å²) in [5, 5.41) is 4.82. The quantitative estimate of drug-likeness (QED) is 0.107. The van der Waals surface area contributed by atoms with Crippen molar-refractivity contribution < 1.29 is 28.7 Å². The number of hydrogen-bond donors (Lipinski definition) is 2. The van der Waals surface area contributed by atoms with E-state index in [1.165, 1.54) is 79.9 Å². The zero-order chi connectivity index (χ0) is 49.0. The number of anilines is 3. The molecule has 0 saturated heterocycles. The van der Waals surface area contributed by atoms with E-state index >= 15 is 0 Å². The first-order valence-electron chi connectivity index (χ1n) is 21.2. The Morgan fingerprint density at radius 1 is 0.471 bits per heavy atom. The molecule has 3 heterocycles. The van der Waals surface area contributed by atoms with Crippen molar-refractivity contribution in [2.24, 2.45) is 0 Å². The number of amides is 4. The number of carbonyl (C=O) groups excluding carboxylic acids is 4. The summed E-state index contributed by atoms with van der Waals surface area (Å²) in [5.74, 6) is 3.58. The van der Waals surface area contributed by atoms with E-state index in [-0.39, 0.29) is 66.6 Å². The minimum Gasteiger partial charge on any atom is -0.497 e. The number of fused-ring (bicyclic) bond motifs is 3. The number of nitrogens with zero attached hydrogens (tertiary/aromatic N) is 3. The van der Waals surface area contributed by atoms with Gasteiger partial charge in [-0.1, -0.05) is 30.0 Å². The van der Waals surface area contributed by atoms with Crippen LogP contribution < -0.4 is 47.2 Å². The van der Waals surface area contributed by atoms with Crippen LogP contribution in [-0.2, 0) is 0 Å². The number of aromatic nitrogens is 2. The monoisotopic (exact) mass is 921 g/mol. The third-order valence-corrected chi connectivity index (χ3v) is 11.7. The second-order valence-electron chi connectivity index (χ2n) is 15.9. The van der Waals surface area contributed by atoms with E-state index in [4.69, 9.17) is 22.3 Å². The number of methoxy groups -OCH3 is 1. The van der Waals surface area contributed by atoms with Crippen molar-refractivity contribution in [2.45, 2.75) is 0 Å². The zero-order valence-electron chi connectivity index (χ0n) is 36.4. The number of terminal acetylenes is 2. The Balaban J connectivity index is 0.963. The molecule has 0 fully saturated rings. The van der Waals surface area contributed by atoms with Crippen LogP contribution in [0.15, 0.2) is 165 Å². The summed E-state index contributed by atoms with van der Waals surface area (Å²) in [6, 6.07) is 36.1. The standard InChI is InChI=1S/C55H31N5O10/c1-4-30-9-6-11-34(21-30)56-48(61)32-23-33(49(62)57-35-12-7-10-31(5-2)22-35)25-38(24-32)60-54(67)46-28-44-45(29-47(46)55(60)68)53(66)58(52(44)65)36-15-17-39(18-16-36)70-41-14-8-13-37(26-41)59-50(63)42-20-19-40(69-3)27-43(42)51(59)64/h1-2,6-29H,3H3,(H,56,61)(H,57,62). The fourth-order valence-corrected chi connectivity index (χ4v) is 8.29. The molecular formula is C55H31N5O10. The lowest BCUT2D eigenvalue weighted by Gasteiger charge is -2.15. The average molecular weight is 922 g/mol. The number of benzene rings is 7. The van der Waals surface area contributed by atoms with Crippen LogP contribution in [0, 0.1) is 24.7 Å². The Morgan fingerprint density at radius 3 is 1.50 bits per heavy atom. The van der Waals surface area contributed by atoms with Gasteiger partial charge in [-0.3, -0.25) is 38.4 Å². The minimum absolute atomic E-state index is 0.0980. The molecule has 0 unspecified atom stereocenters. The minimum atomic E-state index is -0.873. The number of rotatable bonds is 10. The second kappa shape index (κ2) is 17.1. The molecule has 7 aromatic carbocycles. The molecule has 9 aromatic rings. The van der Waals surface area contributed by atoms with Crippen molar-refractivity contribution in [3.63, 3.8) is 0 Å². The van der Waals surface area contributed by atoms with E-state index in [2.05, 4.69) is 22.5 Å². The van der Waals surface area contributed by atoms with E-state index in [1.807, 2.05) is 0 Å². The Bertz CT molecular complexity index is 3900. The van der Waals surface area contributed by atoms with E-state index in [0.717, 1.165) is 14.0 Å². The molecule has 2 N–H and O–H groups in total.